The normalized spacial score (nSPS) is 11.5. The molecule has 0 spiro atoms. The third-order valence-corrected chi connectivity index (χ3v) is 2.28. The fourth-order valence-corrected chi connectivity index (χ4v) is 1.44. The van der Waals surface area contributed by atoms with Gasteiger partial charge in [0.25, 0.3) is 5.91 Å². The number of alkyl halides is 3. The van der Waals surface area contributed by atoms with Crippen LogP contribution in [-0.4, -0.2) is 20.7 Å². The predicted octanol–water partition coefficient (Wildman–Crippen LogP) is 1.15. The van der Waals surface area contributed by atoms with Gasteiger partial charge in [0.05, 0.1) is 5.56 Å². The lowest BCUT2D eigenvalue weighted by atomic mass is 10.1. The Morgan fingerprint density at radius 1 is 1.26 bits per heavy atom. The summed E-state index contributed by atoms with van der Waals surface area (Å²) in [4.78, 5) is 15.4. The molecule has 0 saturated heterocycles. The molecule has 0 aliphatic heterocycles. The summed E-state index contributed by atoms with van der Waals surface area (Å²) in [5, 5.41) is 3.51. The molecule has 0 aliphatic carbocycles. The Kier molecular flexibility index (Phi) is 2.89. The smallest absolute Gasteiger partial charge is 0.368 e. The first-order valence-corrected chi connectivity index (χ1v) is 4.99. The van der Waals surface area contributed by atoms with Crippen molar-refractivity contribution in [2.75, 3.05) is 11.5 Å². The number of anilines is 2. The second kappa shape index (κ2) is 4.26. The summed E-state index contributed by atoms with van der Waals surface area (Å²) in [6.45, 7) is 0. The second-order valence-electron chi connectivity index (χ2n) is 3.62. The molecule has 2 rings (SSSR count). The number of nitrogen functional groups attached to an aromatic ring is 2. The average molecular weight is 271 g/mol. The molecule has 0 bridgehead atoms. The van der Waals surface area contributed by atoms with E-state index in [-0.39, 0.29) is 17.5 Å². The number of aromatic nitrogens is 3. The summed E-state index contributed by atoms with van der Waals surface area (Å²) in [6, 6.07) is 3.90. The maximum absolute atomic E-state index is 12.5. The Morgan fingerprint density at radius 3 is 2.47 bits per heavy atom. The number of nitrogens with zero attached hydrogens (tertiary/aromatic N) is 3. The minimum atomic E-state index is -4.54. The van der Waals surface area contributed by atoms with E-state index in [4.69, 9.17) is 11.5 Å². The van der Waals surface area contributed by atoms with Crippen LogP contribution in [0.15, 0.2) is 24.3 Å². The van der Waals surface area contributed by atoms with E-state index in [1.165, 1.54) is 6.07 Å². The third kappa shape index (κ3) is 2.49. The average Bonchev–Trinajstić information content (AvgIpc) is 2.66. The molecule has 0 amide bonds. The van der Waals surface area contributed by atoms with Crippen molar-refractivity contribution in [2.24, 2.45) is 0 Å². The first-order valence-electron chi connectivity index (χ1n) is 4.99. The summed E-state index contributed by atoms with van der Waals surface area (Å²) in [7, 11) is 0. The Balaban J connectivity index is 2.43. The molecule has 0 fully saturated rings. The quantitative estimate of drug-likeness (QED) is 0.810. The number of carbonyl (C=O) groups is 1. The van der Waals surface area contributed by atoms with Gasteiger partial charge < -0.3 is 11.5 Å². The molecule has 19 heavy (non-hydrogen) atoms. The molecule has 1 aromatic heterocycles. The highest BCUT2D eigenvalue weighted by Crippen LogP contribution is 2.29. The largest absolute Gasteiger partial charge is 0.416 e. The first kappa shape index (κ1) is 12.9. The van der Waals surface area contributed by atoms with Crippen LogP contribution in [0.25, 0.3) is 0 Å². The zero-order valence-corrected chi connectivity index (χ0v) is 9.35. The molecule has 0 unspecified atom stereocenters. The van der Waals surface area contributed by atoms with Crippen molar-refractivity contribution < 1.29 is 18.0 Å². The number of rotatable bonds is 1. The minimum absolute atomic E-state index is 0.216. The van der Waals surface area contributed by atoms with Gasteiger partial charge in [0.1, 0.15) is 0 Å². The van der Waals surface area contributed by atoms with Crippen LogP contribution < -0.4 is 11.5 Å². The van der Waals surface area contributed by atoms with Crippen LogP contribution in [0.2, 0.25) is 0 Å². The van der Waals surface area contributed by atoms with Crippen LogP contribution in [0.4, 0.5) is 25.1 Å². The molecule has 6 nitrogen and oxygen atoms in total. The van der Waals surface area contributed by atoms with Gasteiger partial charge in [-0.05, 0) is 18.2 Å². The van der Waals surface area contributed by atoms with Gasteiger partial charge in [0.15, 0.2) is 0 Å². The van der Waals surface area contributed by atoms with Gasteiger partial charge in [-0.2, -0.15) is 22.8 Å². The summed E-state index contributed by atoms with van der Waals surface area (Å²) < 4.78 is 38.2. The lowest BCUT2D eigenvalue weighted by Crippen LogP contribution is -2.17. The monoisotopic (exact) mass is 271 g/mol. The van der Waals surface area contributed by atoms with Gasteiger partial charge in [0, 0.05) is 5.56 Å². The van der Waals surface area contributed by atoms with Gasteiger partial charge in [-0.15, -0.1) is 5.10 Å². The van der Waals surface area contributed by atoms with Gasteiger partial charge in [-0.25, -0.2) is 0 Å². The lowest BCUT2D eigenvalue weighted by Gasteiger charge is -2.08. The standard InChI is InChI=1S/C10H8F3N5O/c11-10(12,13)6-3-1-2-5(4-6)7(19)18-9(15)16-8(14)17-18/h1-4H,(H4,14,15,16,17). The van der Waals surface area contributed by atoms with Gasteiger partial charge in [-0.3, -0.25) is 4.79 Å². The molecule has 0 aliphatic rings. The number of benzene rings is 1. The maximum Gasteiger partial charge on any atom is 0.416 e. The predicted molar refractivity (Wildman–Crippen MR) is 60.0 cm³/mol. The molecule has 4 N–H and O–H groups in total. The van der Waals surface area contributed by atoms with Crippen molar-refractivity contribution in [1.29, 1.82) is 0 Å². The molecular weight excluding hydrogens is 263 g/mol. The van der Waals surface area contributed by atoms with Crippen LogP contribution in [-0.2, 0) is 6.18 Å². The highest BCUT2D eigenvalue weighted by molar-refractivity contribution is 5.97. The fourth-order valence-electron chi connectivity index (χ4n) is 1.44. The minimum Gasteiger partial charge on any atom is -0.368 e. The Hall–Kier alpha value is -2.58. The highest BCUT2D eigenvalue weighted by Gasteiger charge is 2.31. The van der Waals surface area contributed by atoms with Crippen LogP contribution in [0.5, 0.6) is 0 Å². The summed E-state index contributed by atoms with van der Waals surface area (Å²) >= 11 is 0. The first-order chi connectivity index (χ1) is 8.79. The second-order valence-corrected chi connectivity index (χ2v) is 3.62. The number of nitrogens with two attached hydrogens (primary N) is 2. The lowest BCUT2D eigenvalue weighted by molar-refractivity contribution is -0.137. The number of hydrogen-bond donors (Lipinski definition) is 2. The van der Waals surface area contributed by atoms with Crippen LogP contribution >= 0.6 is 0 Å². The van der Waals surface area contributed by atoms with E-state index in [1.54, 1.807) is 0 Å². The molecular formula is C10H8F3N5O. The molecule has 2 aromatic rings. The highest BCUT2D eigenvalue weighted by atomic mass is 19.4. The molecule has 0 atom stereocenters. The van der Waals surface area contributed by atoms with Crippen molar-refractivity contribution in [3.8, 4) is 0 Å². The van der Waals surface area contributed by atoms with E-state index in [0.717, 1.165) is 12.1 Å². The van der Waals surface area contributed by atoms with Gasteiger partial charge in [0.2, 0.25) is 11.9 Å². The SMILES string of the molecule is Nc1nc(N)n(C(=O)c2cccc(C(F)(F)F)c2)n1. The molecule has 1 heterocycles. The van der Waals surface area contributed by atoms with Crippen molar-refractivity contribution in [1.82, 2.24) is 14.8 Å². The zero-order chi connectivity index (χ0) is 14.2. The summed E-state index contributed by atoms with van der Waals surface area (Å²) in [6.07, 6.45) is -4.54. The number of halogens is 3. The fraction of sp³-hybridized carbons (Fsp3) is 0.100. The van der Waals surface area contributed by atoms with Crippen molar-refractivity contribution in [2.45, 2.75) is 6.18 Å². The number of hydrogen-bond acceptors (Lipinski definition) is 5. The topological polar surface area (TPSA) is 99.8 Å². The van der Waals surface area contributed by atoms with Crippen molar-refractivity contribution in [3.63, 3.8) is 0 Å². The van der Waals surface area contributed by atoms with Crippen LogP contribution in [0, 0.1) is 0 Å². The number of carbonyl (C=O) groups excluding carboxylic acids is 1. The van der Waals surface area contributed by atoms with E-state index in [1.807, 2.05) is 0 Å². The summed E-state index contributed by atoms with van der Waals surface area (Å²) in [5.74, 6) is -1.37. The van der Waals surface area contributed by atoms with E-state index >= 15 is 0 Å². The molecule has 9 heteroatoms. The molecule has 0 radical (unpaired) electrons. The van der Waals surface area contributed by atoms with E-state index in [2.05, 4.69) is 10.1 Å². The Morgan fingerprint density at radius 2 is 1.95 bits per heavy atom. The van der Waals surface area contributed by atoms with E-state index < -0.39 is 17.6 Å². The van der Waals surface area contributed by atoms with Crippen molar-refractivity contribution in [3.05, 3.63) is 35.4 Å². The van der Waals surface area contributed by atoms with Gasteiger partial charge >= 0.3 is 6.18 Å². The van der Waals surface area contributed by atoms with Gasteiger partial charge in [-0.1, -0.05) is 6.07 Å². The Labute approximate surface area is 104 Å². The van der Waals surface area contributed by atoms with E-state index in [9.17, 15) is 18.0 Å². The van der Waals surface area contributed by atoms with Crippen molar-refractivity contribution >= 4 is 17.8 Å². The zero-order valence-electron chi connectivity index (χ0n) is 9.35. The van der Waals surface area contributed by atoms with E-state index in [0.29, 0.717) is 10.7 Å². The van der Waals surface area contributed by atoms with Crippen LogP contribution in [0.1, 0.15) is 15.9 Å². The summed E-state index contributed by atoms with van der Waals surface area (Å²) in [5.41, 5.74) is 9.45. The molecule has 100 valence electrons. The maximum atomic E-state index is 12.5. The molecule has 0 saturated carbocycles. The Bertz CT molecular complexity index is 634. The van der Waals surface area contributed by atoms with Crippen LogP contribution in [0.3, 0.4) is 0 Å². The molecule has 1 aromatic carbocycles. The third-order valence-electron chi connectivity index (χ3n) is 2.28.